The summed E-state index contributed by atoms with van der Waals surface area (Å²) >= 11 is 1.23. The van der Waals surface area contributed by atoms with Crippen molar-refractivity contribution in [1.29, 1.82) is 0 Å². The Morgan fingerprint density at radius 2 is 2.00 bits per heavy atom. The van der Waals surface area contributed by atoms with Crippen molar-refractivity contribution in [3.8, 4) is 0 Å². The molecule has 0 saturated carbocycles. The van der Waals surface area contributed by atoms with E-state index in [1.807, 2.05) is 0 Å². The number of carbonyl (C=O) groups is 1. The average molecular weight is 381 g/mol. The fraction of sp³-hybridized carbons (Fsp3) is 0.333. The van der Waals surface area contributed by atoms with Gasteiger partial charge in [-0.15, -0.1) is 0 Å². The summed E-state index contributed by atoms with van der Waals surface area (Å²) < 4.78 is 62.0. The predicted molar refractivity (Wildman–Crippen MR) is 58.3 cm³/mol. The van der Waals surface area contributed by atoms with Gasteiger partial charge in [0.2, 0.25) is 0 Å². The second-order valence-corrected chi connectivity index (χ2v) is 4.25. The third-order valence-corrected chi connectivity index (χ3v) is 2.77. The number of pyridine rings is 1. The summed E-state index contributed by atoms with van der Waals surface area (Å²) in [5.74, 6) is -1.44. The zero-order valence-corrected chi connectivity index (χ0v) is 10.6. The van der Waals surface area contributed by atoms with Gasteiger partial charge in [-0.05, 0) is 28.7 Å². The number of alkyl halides is 5. The Balaban J connectivity index is 3.39. The normalized spacial score (nSPS) is 11.9. The van der Waals surface area contributed by atoms with Gasteiger partial charge in [0.15, 0.2) is 0 Å². The summed E-state index contributed by atoms with van der Waals surface area (Å²) in [5.41, 5.74) is -2.87. The van der Waals surface area contributed by atoms with E-state index in [-0.39, 0.29) is 6.07 Å². The molecule has 0 aliphatic carbocycles. The summed E-state index contributed by atoms with van der Waals surface area (Å²) in [6.45, 7) is 0. The van der Waals surface area contributed by atoms with E-state index in [4.69, 9.17) is 5.11 Å². The van der Waals surface area contributed by atoms with Gasteiger partial charge in [-0.3, -0.25) is 4.79 Å². The molecule has 1 N–H and O–H groups in total. The van der Waals surface area contributed by atoms with Crippen molar-refractivity contribution in [2.75, 3.05) is 0 Å². The van der Waals surface area contributed by atoms with Crippen molar-refractivity contribution in [3.63, 3.8) is 0 Å². The summed E-state index contributed by atoms with van der Waals surface area (Å²) in [6.07, 6.45) is -8.88. The van der Waals surface area contributed by atoms with Gasteiger partial charge in [-0.1, -0.05) is 0 Å². The molecule has 0 atom stereocenters. The largest absolute Gasteiger partial charge is 0.481 e. The van der Waals surface area contributed by atoms with E-state index in [1.165, 1.54) is 22.6 Å². The van der Waals surface area contributed by atoms with Gasteiger partial charge in [0.25, 0.3) is 6.43 Å². The third-order valence-electron chi connectivity index (χ3n) is 1.95. The molecule has 100 valence electrons. The molecular weight excluding hydrogens is 376 g/mol. The molecule has 1 aromatic heterocycles. The van der Waals surface area contributed by atoms with Crippen LogP contribution in [0.3, 0.4) is 0 Å². The van der Waals surface area contributed by atoms with Crippen LogP contribution in [0.5, 0.6) is 0 Å². The van der Waals surface area contributed by atoms with Crippen LogP contribution >= 0.6 is 22.6 Å². The van der Waals surface area contributed by atoms with Crippen molar-refractivity contribution < 1.29 is 31.9 Å². The summed E-state index contributed by atoms with van der Waals surface area (Å²) in [7, 11) is 0. The van der Waals surface area contributed by atoms with Crippen LogP contribution in [0.15, 0.2) is 6.07 Å². The lowest BCUT2D eigenvalue weighted by Crippen LogP contribution is -2.14. The van der Waals surface area contributed by atoms with Gasteiger partial charge < -0.3 is 5.11 Å². The average Bonchev–Trinajstić information content (AvgIpc) is 2.13. The first-order valence-corrected chi connectivity index (χ1v) is 5.47. The maximum Gasteiger partial charge on any atom is 0.418 e. The van der Waals surface area contributed by atoms with Gasteiger partial charge in [0.1, 0.15) is 3.70 Å². The van der Waals surface area contributed by atoms with E-state index in [0.29, 0.717) is 0 Å². The van der Waals surface area contributed by atoms with Crippen LogP contribution in [0, 0.1) is 3.70 Å². The molecule has 1 heterocycles. The van der Waals surface area contributed by atoms with Gasteiger partial charge >= 0.3 is 12.1 Å². The van der Waals surface area contributed by atoms with Gasteiger partial charge in [0, 0.05) is 5.56 Å². The molecule has 0 radical (unpaired) electrons. The minimum absolute atomic E-state index is 0.248. The molecule has 0 fully saturated rings. The highest BCUT2D eigenvalue weighted by atomic mass is 127. The minimum atomic E-state index is -4.81. The Hall–Kier alpha value is -1.00. The second kappa shape index (κ2) is 5.33. The van der Waals surface area contributed by atoms with E-state index in [2.05, 4.69) is 4.98 Å². The first-order valence-electron chi connectivity index (χ1n) is 4.39. The van der Waals surface area contributed by atoms with E-state index < -0.39 is 45.5 Å². The van der Waals surface area contributed by atoms with Crippen LogP contribution < -0.4 is 0 Å². The quantitative estimate of drug-likeness (QED) is 0.497. The monoisotopic (exact) mass is 381 g/mol. The predicted octanol–water partition coefficient (Wildman–Crippen LogP) is 3.27. The molecule has 0 aliphatic rings. The maximum absolute atomic E-state index is 12.6. The molecule has 0 aromatic carbocycles. The van der Waals surface area contributed by atoms with Crippen molar-refractivity contribution >= 4 is 28.6 Å². The van der Waals surface area contributed by atoms with E-state index in [0.717, 1.165) is 0 Å². The van der Waals surface area contributed by atoms with Crippen LogP contribution in [0.25, 0.3) is 0 Å². The van der Waals surface area contributed by atoms with E-state index in [9.17, 15) is 26.7 Å². The number of nitrogens with zero attached hydrogens (tertiary/aromatic N) is 1. The molecular formula is C9H5F5INO2. The molecule has 0 bridgehead atoms. The number of carboxylic acid groups (broad SMARTS) is 1. The third kappa shape index (κ3) is 3.50. The first-order chi connectivity index (χ1) is 8.12. The van der Waals surface area contributed by atoms with Crippen molar-refractivity contribution in [2.24, 2.45) is 0 Å². The molecule has 1 rings (SSSR count). The highest BCUT2D eigenvalue weighted by Crippen LogP contribution is 2.35. The van der Waals surface area contributed by atoms with Crippen molar-refractivity contribution in [2.45, 2.75) is 19.0 Å². The molecule has 3 nitrogen and oxygen atoms in total. The number of aromatic nitrogens is 1. The lowest BCUT2D eigenvalue weighted by Gasteiger charge is -2.13. The summed E-state index contributed by atoms with van der Waals surface area (Å²) in [6, 6.07) is 0.248. The maximum atomic E-state index is 12.6. The number of aliphatic carboxylic acids is 1. The fourth-order valence-electron chi connectivity index (χ4n) is 1.21. The second-order valence-electron chi connectivity index (χ2n) is 3.23. The van der Waals surface area contributed by atoms with Crippen LogP contribution in [0.4, 0.5) is 22.0 Å². The Labute approximate surface area is 111 Å². The van der Waals surface area contributed by atoms with Crippen LogP contribution in [-0.4, -0.2) is 16.1 Å². The number of hydrogen-bond donors (Lipinski definition) is 1. The minimum Gasteiger partial charge on any atom is -0.481 e. The number of halogens is 6. The standard InChI is InChI=1S/C9H5F5INO2/c10-7(11)3-1-4(9(12,13)14)8(15)16-5(3)2-6(17)18/h1,7H,2H2,(H,17,18). The van der Waals surface area contributed by atoms with Crippen LogP contribution in [-0.2, 0) is 17.4 Å². The topological polar surface area (TPSA) is 50.2 Å². The number of rotatable bonds is 3. The fourth-order valence-corrected chi connectivity index (χ4v) is 1.97. The smallest absolute Gasteiger partial charge is 0.418 e. The molecule has 9 heteroatoms. The molecule has 0 unspecified atom stereocenters. The van der Waals surface area contributed by atoms with Gasteiger partial charge in [-0.2, -0.15) is 13.2 Å². The Morgan fingerprint density at radius 1 is 1.44 bits per heavy atom. The highest BCUT2D eigenvalue weighted by Gasteiger charge is 2.35. The first kappa shape index (κ1) is 15.1. The molecule has 1 aromatic rings. The van der Waals surface area contributed by atoms with E-state index >= 15 is 0 Å². The zero-order valence-electron chi connectivity index (χ0n) is 8.43. The van der Waals surface area contributed by atoms with Crippen molar-refractivity contribution in [3.05, 3.63) is 26.6 Å². The lowest BCUT2D eigenvalue weighted by molar-refractivity contribution is -0.138. The SMILES string of the molecule is O=C(O)Cc1nc(I)c(C(F)(F)F)cc1C(F)F. The lowest BCUT2D eigenvalue weighted by atomic mass is 10.1. The summed E-state index contributed by atoms with van der Waals surface area (Å²) in [5, 5.41) is 8.48. The van der Waals surface area contributed by atoms with Gasteiger partial charge in [0.05, 0.1) is 17.7 Å². The Bertz CT molecular complexity index is 475. The number of hydrogen-bond acceptors (Lipinski definition) is 2. The Morgan fingerprint density at radius 3 is 2.39 bits per heavy atom. The summed E-state index contributed by atoms with van der Waals surface area (Å²) in [4.78, 5) is 13.7. The molecule has 0 amide bonds. The molecule has 18 heavy (non-hydrogen) atoms. The van der Waals surface area contributed by atoms with Crippen LogP contribution in [0.2, 0.25) is 0 Å². The van der Waals surface area contributed by atoms with Crippen LogP contribution in [0.1, 0.15) is 23.2 Å². The molecule has 0 spiro atoms. The molecule has 0 aliphatic heterocycles. The highest BCUT2D eigenvalue weighted by molar-refractivity contribution is 14.1. The van der Waals surface area contributed by atoms with Gasteiger partial charge in [-0.25, -0.2) is 13.8 Å². The van der Waals surface area contributed by atoms with Crippen molar-refractivity contribution in [1.82, 2.24) is 4.98 Å². The zero-order chi connectivity index (χ0) is 14.1. The molecule has 0 saturated heterocycles. The Kier molecular flexibility index (Phi) is 4.46. The number of carboxylic acids is 1. The van der Waals surface area contributed by atoms with E-state index in [1.54, 1.807) is 0 Å².